The van der Waals surface area contributed by atoms with Gasteiger partial charge in [0.15, 0.2) is 0 Å². The van der Waals surface area contributed by atoms with E-state index in [2.05, 4.69) is 12.2 Å². The van der Waals surface area contributed by atoms with Crippen LogP contribution in [-0.4, -0.2) is 17.3 Å². The van der Waals surface area contributed by atoms with Crippen LogP contribution in [0.15, 0.2) is 23.0 Å². The Morgan fingerprint density at radius 1 is 1.40 bits per heavy atom. The Kier molecular flexibility index (Phi) is 3.44. The number of aliphatic hydroxyl groups is 1. The molecule has 0 amide bonds. The van der Waals surface area contributed by atoms with Gasteiger partial charge in [-0.1, -0.05) is 0 Å². The molecule has 0 aromatic carbocycles. The van der Waals surface area contributed by atoms with E-state index in [1.807, 2.05) is 6.07 Å². The second-order valence-corrected chi connectivity index (χ2v) is 4.45. The van der Waals surface area contributed by atoms with Crippen molar-refractivity contribution in [1.82, 2.24) is 5.32 Å². The Hall–Kier alpha value is -0.800. The normalized spacial score (nSPS) is 28.9. The van der Waals surface area contributed by atoms with Gasteiger partial charge in [0.2, 0.25) is 0 Å². The number of nitrogens with one attached hydrogen (secondary N) is 1. The van der Waals surface area contributed by atoms with E-state index in [-0.39, 0.29) is 6.10 Å². The molecule has 1 unspecified atom stereocenters. The molecule has 3 heteroatoms. The second kappa shape index (κ2) is 4.81. The molecule has 0 radical (unpaired) electrons. The average Bonchev–Trinajstić information content (AvgIpc) is 2.74. The third kappa shape index (κ3) is 2.83. The third-order valence-corrected chi connectivity index (χ3v) is 3.23. The molecule has 1 aliphatic rings. The Morgan fingerprint density at radius 3 is 2.73 bits per heavy atom. The molecule has 1 heterocycles. The minimum absolute atomic E-state index is 0.0766. The summed E-state index contributed by atoms with van der Waals surface area (Å²) >= 11 is 0. The van der Waals surface area contributed by atoms with E-state index in [4.69, 9.17) is 4.42 Å². The van der Waals surface area contributed by atoms with Gasteiger partial charge in [-0.3, -0.25) is 0 Å². The van der Waals surface area contributed by atoms with Crippen molar-refractivity contribution < 1.29 is 9.52 Å². The van der Waals surface area contributed by atoms with Gasteiger partial charge in [0.1, 0.15) is 0 Å². The summed E-state index contributed by atoms with van der Waals surface area (Å²) in [6.45, 7) is 2.15. The van der Waals surface area contributed by atoms with Gasteiger partial charge in [0, 0.05) is 17.6 Å². The topological polar surface area (TPSA) is 45.4 Å². The number of hydrogen-bond donors (Lipinski definition) is 2. The summed E-state index contributed by atoms with van der Waals surface area (Å²) in [5, 5.41) is 13.0. The highest BCUT2D eigenvalue weighted by Gasteiger charge is 2.20. The van der Waals surface area contributed by atoms with Crippen LogP contribution in [0.3, 0.4) is 0 Å². The van der Waals surface area contributed by atoms with Crippen LogP contribution in [0.4, 0.5) is 0 Å². The highest BCUT2D eigenvalue weighted by Crippen LogP contribution is 2.21. The van der Waals surface area contributed by atoms with Gasteiger partial charge >= 0.3 is 0 Å². The van der Waals surface area contributed by atoms with Gasteiger partial charge in [-0.2, -0.15) is 0 Å². The first-order chi connectivity index (χ1) is 7.25. The maximum Gasteiger partial charge on any atom is 0.0950 e. The zero-order chi connectivity index (χ0) is 10.7. The molecule has 1 atom stereocenters. The summed E-state index contributed by atoms with van der Waals surface area (Å²) in [7, 11) is 0. The first-order valence-electron chi connectivity index (χ1n) is 5.72. The first kappa shape index (κ1) is 10.7. The fourth-order valence-electron chi connectivity index (χ4n) is 2.21. The molecule has 2 N–H and O–H groups in total. The largest absolute Gasteiger partial charge is 0.472 e. The molecule has 15 heavy (non-hydrogen) atoms. The van der Waals surface area contributed by atoms with Crippen LogP contribution in [0.5, 0.6) is 0 Å². The summed E-state index contributed by atoms with van der Waals surface area (Å²) in [6.07, 6.45) is 7.42. The fourth-order valence-corrected chi connectivity index (χ4v) is 2.21. The lowest BCUT2D eigenvalue weighted by Gasteiger charge is -2.28. The molecule has 0 aliphatic heterocycles. The smallest absolute Gasteiger partial charge is 0.0950 e. The van der Waals surface area contributed by atoms with Crippen LogP contribution in [0.25, 0.3) is 0 Å². The lowest BCUT2D eigenvalue weighted by molar-refractivity contribution is 0.114. The summed E-state index contributed by atoms with van der Waals surface area (Å²) in [6, 6.07) is 2.87. The molecule has 3 nitrogen and oxygen atoms in total. The molecule has 84 valence electrons. The van der Waals surface area contributed by atoms with Gasteiger partial charge in [-0.05, 0) is 38.7 Å². The van der Waals surface area contributed by atoms with E-state index in [1.54, 1.807) is 12.5 Å². The summed E-state index contributed by atoms with van der Waals surface area (Å²) < 4.78 is 5.06. The van der Waals surface area contributed by atoms with Crippen LogP contribution in [-0.2, 0) is 0 Å². The van der Waals surface area contributed by atoms with E-state index < -0.39 is 0 Å². The summed E-state index contributed by atoms with van der Waals surface area (Å²) in [4.78, 5) is 0. The van der Waals surface area contributed by atoms with Crippen molar-refractivity contribution in [3.63, 3.8) is 0 Å². The molecule has 0 spiro atoms. The predicted octanol–water partition coefficient (Wildman–Crippen LogP) is 2.23. The maximum absolute atomic E-state index is 9.40. The highest BCUT2D eigenvalue weighted by atomic mass is 16.3. The van der Waals surface area contributed by atoms with Crippen LogP contribution in [0.1, 0.15) is 44.2 Å². The summed E-state index contributed by atoms with van der Waals surface area (Å²) in [5.74, 6) is 0. The average molecular weight is 209 g/mol. The zero-order valence-electron chi connectivity index (χ0n) is 9.15. The molecular weight excluding hydrogens is 190 g/mol. The minimum Gasteiger partial charge on any atom is -0.472 e. The van der Waals surface area contributed by atoms with Crippen LogP contribution in [0.2, 0.25) is 0 Å². The predicted molar refractivity (Wildman–Crippen MR) is 58.5 cm³/mol. The number of hydrogen-bond acceptors (Lipinski definition) is 3. The lowest BCUT2D eigenvalue weighted by atomic mass is 9.92. The number of furan rings is 1. The highest BCUT2D eigenvalue weighted by molar-refractivity contribution is 5.10. The van der Waals surface area contributed by atoms with Crippen molar-refractivity contribution in [3.05, 3.63) is 24.2 Å². The van der Waals surface area contributed by atoms with Crippen molar-refractivity contribution >= 4 is 0 Å². The lowest BCUT2D eigenvalue weighted by Crippen LogP contribution is -2.36. The molecule has 2 rings (SSSR count). The molecule has 1 aliphatic carbocycles. The van der Waals surface area contributed by atoms with Crippen molar-refractivity contribution in [1.29, 1.82) is 0 Å². The zero-order valence-corrected chi connectivity index (χ0v) is 9.15. The van der Waals surface area contributed by atoms with Gasteiger partial charge in [-0.15, -0.1) is 0 Å². The summed E-state index contributed by atoms with van der Waals surface area (Å²) in [5.41, 5.74) is 1.20. The molecule has 1 fully saturated rings. The van der Waals surface area contributed by atoms with E-state index >= 15 is 0 Å². The van der Waals surface area contributed by atoms with E-state index in [0.29, 0.717) is 12.1 Å². The van der Waals surface area contributed by atoms with E-state index in [0.717, 1.165) is 25.7 Å². The number of rotatable bonds is 3. The Labute approximate surface area is 90.5 Å². The van der Waals surface area contributed by atoms with Crippen LogP contribution >= 0.6 is 0 Å². The molecule has 0 bridgehead atoms. The van der Waals surface area contributed by atoms with Crippen molar-refractivity contribution in [2.75, 3.05) is 0 Å². The molecule has 1 aromatic heterocycles. The van der Waals surface area contributed by atoms with E-state index in [1.165, 1.54) is 5.56 Å². The van der Waals surface area contributed by atoms with Crippen LogP contribution < -0.4 is 5.32 Å². The fraction of sp³-hybridized carbons (Fsp3) is 0.667. The van der Waals surface area contributed by atoms with Crippen molar-refractivity contribution in [2.45, 2.75) is 50.8 Å². The van der Waals surface area contributed by atoms with Gasteiger partial charge in [-0.25, -0.2) is 0 Å². The third-order valence-electron chi connectivity index (χ3n) is 3.23. The second-order valence-electron chi connectivity index (χ2n) is 4.45. The van der Waals surface area contributed by atoms with Crippen molar-refractivity contribution in [3.8, 4) is 0 Å². The van der Waals surface area contributed by atoms with Gasteiger partial charge < -0.3 is 14.8 Å². The maximum atomic E-state index is 9.40. The molecule has 1 aromatic rings. The van der Waals surface area contributed by atoms with Gasteiger partial charge in [0.05, 0.1) is 18.6 Å². The SMILES string of the molecule is CC(NC1CCC(O)CC1)c1ccoc1. The molecule has 1 saturated carbocycles. The molecular formula is C12H19NO2. The Morgan fingerprint density at radius 2 is 2.13 bits per heavy atom. The van der Waals surface area contributed by atoms with E-state index in [9.17, 15) is 5.11 Å². The van der Waals surface area contributed by atoms with Crippen molar-refractivity contribution in [2.24, 2.45) is 0 Å². The van der Waals surface area contributed by atoms with Gasteiger partial charge in [0.25, 0.3) is 0 Å². The first-order valence-corrected chi connectivity index (χ1v) is 5.72. The van der Waals surface area contributed by atoms with Crippen LogP contribution in [0, 0.1) is 0 Å². The quantitative estimate of drug-likeness (QED) is 0.802. The number of aliphatic hydroxyl groups excluding tert-OH is 1. The monoisotopic (exact) mass is 209 g/mol. The minimum atomic E-state index is -0.0766. The Balaban J connectivity index is 1.82. The Bertz CT molecular complexity index is 276. The molecule has 0 saturated heterocycles. The standard InChI is InChI=1S/C12H19NO2/c1-9(10-6-7-15-8-10)13-11-2-4-12(14)5-3-11/h6-9,11-14H,2-5H2,1H3.